The molecule has 0 saturated carbocycles. The van der Waals surface area contributed by atoms with Crippen LogP contribution in [-0.2, 0) is 22.6 Å². The summed E-state index contributed by atoms with van der Waals surface area (Å²) in [6.07, 6.45) is 1.66. The van der Waals surface area contributed by atoms with Crippen LogP contribution in [0.2, 0.25) is 0 Å². The summed E-state index contributed by atoms with van der Waals surface area (Å²) in [6, 6.07) is 7.15. The largest absolute Gasteiger partial charge is 0.495 e. The second kappa shape index (κ2) is 8.49. The Kier molecular flexibility index (Phi) is 5.51. The number of hydrogen-bond acceptors (Lipinski definition) is 7. The number of thiophene rings is 1. The second-order valence-electron chi connectivity index (χ2n) is 8.01. The lowest BCUT2D eigenvalue weighted by molar-refractivity contribution is -0.117. The summed E-state index contributed by atoms with van der Waals surface area (Å²) in [4.78, 5) is 39.1. The third kappa shape index (κ3) is 3.83. The molecule has 33 heavy (non-hydrogen) atoms. The molecule has 1 N–H and O–H groups in total. The van der Waals surface area contributed by atoms with Crippen LogP contribution in [0.3, 0.4) is 0 Å². The number of nitrogens with zero attached hydrogens (tertiary/aromatic N) is 4. The molecular weight excluding hydrogens is 446 g/mol. The first-order valence-electron chi connectivity index (χ1n) is 10.6. The molecule has 1 aliphatic heterocycles. The summed E-state index contributed by atoms with van der Waals surface area (Å²) in [5, 5.41) is 8.92. The molecule has 11 heteroatoms. The molecule has 1 atom stereocenters. The van der Waals surface area contributed by atoms with E-state index in [2.05, 4.69) is 10.4 Å². The van der Waals surface area contributed by atoms with Gasteiger partial charge in [0, 0.05) is 6.61 Å². The van der Waals surface area contributed by atoms with Crippen LogP contribution >= 0.6 is 11.3 Å². The average molecular weight is 470 g/mol. The van der Waals surface area contributed by atoms with E-state index in [1.54, 1.807) is 23.6 Å². The fourth-order valence-electron chi connectivity index (χ4n) is 4.14. The van der Waals surface area contributed by atoms with Crippen molar-refractivity contribution in [3.63, 3.8) is 0 Å². The molecule has 1 saturated heterocycles. The van der Waals surface area contributed by atoms with Gasteiger partial charge in [0.25, 0.3) is 5.56 Å². The molecule has 4 heterocycles. The summed E-state index contributed by atoms with van der Waals surface area (Å²) in [5.41, 5.74) is 1.25. The van der Waals surface area contributed by atoms with Gasteiger partial charge >= 0.3 is 5.69 Å². The number of methoxy groups -OCH3 is 1. The SMILES string of the molecule is COc1ccc(C)cc1NC(=O)Cn1nc2n(C[C@H]3CCCO3)c(=O)c3sccc3n2c1=O. The van der Waals surface area contributed by atoms with Crippen molar-refractivity contribution >= 4 is 38.9 Å². The first kappa shape index (κ1) is 21.4. The molecule has 1 aromatic carbocycles. The van der Waals surface area contributed by atoms with Crippen LogP contribution in [0.15, 0.2) is 39.2 Å². The van der Waals surface area contributed by atoms with E-state index < -0.39 is 11.6 Å². The Morgan fingerprint density at radius 2 is 2.18 bits per heavy atom. The van der Waals surface area contributed by atoms with E-state index in [-0.39, 0.29) is 24.0 Å². The normalized spacial score (nSPS) is 16.0. The first-order chi connectivity index (χ1) is 16.0. The van der Waals surface area contributed by atoms with Crippen molar-refractivity contribution in [2.24, 2.45) is 0 Å². The minimum atomic E-state index is -0.485. The van der Waals surface area contributed by atoms with Crippen LogP contribution in [0.5, 0.6) is 5.75 Å². The predicted octanol–water partition coefficient (Wildman–Crippen LogP) is 2.01. The highest BCUT2D eigenvalue weighted by atomic mass is 32.1. The highest BCUT2D eigenvalue weighted by Gasteiger charge is 2.23. The van der Waals surface area contributed by atoms with Crippen molar-refractivity contribution in [1.29, 1.82) is 0 Å². The number of rotatable bonds is 6. The molecule has 0 bridgehead atoms. The molecule has 0 unspecified atom stereocenters. The van der Waals surface area contributed by atoms with E-state index in [0.717, 1.165) is 23.1 Å². The molecular formula is C22H23N5O5S. The third-order valence-corrected chi connectivity index (χ3v) is 6.61. The van der Waals surface area contributed by atoms with Gasteiger partial charge in [-0.2, -0.15) is 0 Å². The maximum Gasteiger partial charge on any atom is 0.352 e. The Hall–Kier alpha value is -3.44. The zero-order valence-corrected chi connectivity index (χ0v) is 19.1. The van der Waals surface area contributed by atoms with Crippen molar-refractivity contribution in [2.75, 3.05) is 19.0 Å². The van der Waals surface area contributed by atoms with Crippen molar-refractivity contribution in [3.05, 3.63) is 56.0 Å². The van der Waals surface area contributed by atoms with Gasteiger partial charge in [0.1, 0.15) is 17.0 Å². The Labute approximate surface area is 192 Å². The molecule has 1 amide bonds. The second-order valence-corrected chi connectivity index (χ2v) is 8.93. The van der Waals surface area contributed by atoms with Crippen LogP contribution in [0.4, 0.5) is 5.69 Å². The van der Waals surface area contributed by atoms with Crippen LogP contribution in [0.1, 0.15) is 18.4 Å². The molecule has 1 fully saturated rings. The Morgan fingerprint density at radius 1 is 1.33 bits per heavy atom. The van der Waals surface area contributed by atoms with Gasteiger partial charge in [-0.05, 0) is 48.9 Å². The van der Waals surface area contributed by atoms with E-state index >= 15 is 0 Å². The number of ether oxygens (including phenoxy) is 2. The standard InChI is InChI=1S/C22H23N5O5S/c1-13-5-6-17(31-2)15(10-13)23-18(28)12-26-22(30)27-16-7-9-33-19(16)20(29)25(21(27)24-26)11-14-4-3-8-32-14/h5-7,9-10,14H,3-4,8,11-12H2,1-2H3,(H,23,28)/t14-/m1/s1. The van der Waals surface area contributed by atoms with E-state index in [0.29, 0.717) is 34.8 Å². The number of nitrogens with one attached hydrogen (secondary N) is 1. The number of aryl methyl sites for hydroxylation is 1. The van der Waals surface area contributed by atoms with Gasteiger partial charge in [0.15, 0.2) is 0 Å². The molecule has 10 nitrogen and oxygen atoms in total. The maximum absolute atomic E-state index is 13.2. The monoisotopic (exact) mass is 469 g/mol. The predicted molar refractivity (Wildman–Crippen MR) is 124 cm³/mol. The van der Waals surface area contributed by atoms with Gasteiger partial charge in [-0.1, -0.05) is 6.07 Å². The summed E-state index contributed by atoms with van der Waals surface area (Å²) in [6.45, 7) is 2.55. The molecule has 1 aliphatic rings. The summed E-state index contributed by atoms with van der Waals surface area (Å²) >= 11 is 1.28. The van der Waals surface area contributed by atoms with Gasteiger partial charge < -0.3 is 14.8 Å². The van der Waals surface area contributed by atoms with E-state index in [9.17, 15) is 14.4 Å². The van der Waals surface area contributed by atoms with Crippen LogP contribution in [0.25, 0.3) is 16.0 Å². The minimum absolute atomic E-state index is 0.110. The summed E-state index contributed by atoms with van der Waals surface area (Å²) in [7, 11) is 1.52. The van der Waals surface area contributed by atoms with Gasteiger partial charge in [0.2, 0.25) is 11.7 Å². The van der Waals surface area contributed by atoms with Crippen molar-refractivity contribution in [2.45, 2.75) is 39.0 Å². The highest BCUT2D eigenvalue weighted by molar-refractivity contribution is 7.17. The molecule has 0 aliphatic carbocycles. The number of carbonyl (C=O) groups is 1. The van der Waals surface area contributed by atoms with Crippen LogP contribution < -0.4 is 21.3 Å². The fraction of sp³-hybridized carbons (Fsp3) is 0.364. The van der Waals surface area contributed by atoms with Gasteiger partial charge in [-0.25, -0.2) is 13.9 Å². The zero-order chi connectivity index (χ0) is 23.1. The summed E-state index contributed by atoms with van der Waals surface area (Å²) in [5.74, 6) is 0.285. The Bertz CT molecular complexity index is 1470. The smallest absolute Gasteiger partial charge is 0.352 e. The zero-order valence-electron chi connectivity index (χ0n) is 18.2. The number of amides is 1. The van der Waals surface area contributed by atoms with E-state index in [1.807, 2.05) is 13.0 Å². The number of carbonyl (C=O) groups excluding carboxylic acids is 1. The third-order valence-electron chi connectivity index (χ3n) is 5.72. The maximum atomic E-state index is 13.2. The van der Waals surface area contributed by atoms with Gasteiger partial charge in [-0.15, -0.1) is 16.4 Å². The van der Waals surface area contributed by atoms with Gasteiger partial charge in [0.05, 0.1) is 31.0 Å². The molecule has 5 rings (SSSR count). The molecule has 0 spiro atoms. The van der Waals surface area contributed by atoms with E-state index in [1.165, 1.54) is 27.4 Å². The number of aromatic nitrogens is 4. The fourth-order valence-corrected chi connectivity index (χ4v) is 4.96. The van der Waals surface area contributed by atoms with Crippen LogP contribution in [0, 0.1) is 6.92 Å². The molecule has 4 aromatic rings. The van der Waals surface area contributed by atoms with Gasteiger partial charge in [-0.3, -0.25) is 14.2 Å². The van der Waals surface area contributed by atoms with E-state index in [4.69, 9.17) is 9.47 Å². The number of anilines is 1. The molecule has 172 valence electrons. The van der Waals surface area contributed by atoms with Crippen molar-refractivity contribution in [1.82, 2.24) is 18.7 Å². The topological polar surface area (TPSA) is 109 Å². The number of fused-ring (bicyclic) bond motifs is 3. The number of benzene rings is 1. The summed E-state index contributed by atoms with van der Waals surface area (Å²) < 4.78 is 15.4. The number of hydrogen-bond donors (Lipinski definition) is 1. The Balaban J connectivity index is 1.54. The lowest BCUT2D eigenvalue weighted by Gasteiger charge is -2.12. The lowest BCUT2D eigenvalue weighted by atomic mass is 10.2. The lowest BCUT2D eigenvalue weighted by Crippen LogP contribution is -2.30. The first-order valence-corrected chi connectivity index (χ1v) is 11.5. The molecule has 0 radical (unpaired) electrons. The van der Waals surface area contributed by atoms with Crippen molar-refractivity contribution in [3.8, 4) is 5.75 Å². The molecule has 3 aromatic heterocycles. The average Bonchev–Trinajstić information content (AvgIpc) is 3.53. The Morgan fingerprint density at radius 3 is 2.94 bits per heavy atom. The minimum Gasteiger partial charge on any atom is -0.495 e. The van der Waals surface area contributed by atoms with Crippen molar-refractivity contribution < 1.29 is 14.3 Å². The van der Waals surface area contributed by atoms with Crippen LogP contribution in [-0.4, -0.2) is 44.5 Å². The quantitative estimate of drug-likeness (QED) is 0.463. The highest BCUT2D eigenvalue weighted by Crippen LogP contribution is 2.25.